The number of thioether (sulfide) groups is 1. The van der Waals surface area contributed by atoms with Crippen molar-refractivity contribution in [3.63, 3.8) is 0 Å². The van der Waals surface area contributed by atoms with E-state index in [9.17, 15) is 13.2 Å². The average Bonchev–Trinajstić information content (AvgIpc) is 2.61. The van der Waals surface area contributed by atoms with Crippen molar-refractivity contribution in [3.05, 3.63) is 64.1 Å². The summed E-state index contributed by atoms with van der Waals surface area (Å²) in [7, 11) is -3.30. The Labute approximate surface area is 168 Å². The number of hydrogen-bond acceptors (Lipinski definition) is 4. The quantitative estimate of drug-likeness (QED) is 0.603. The third-order valence-electron chi connectivity index (χ3n) is 3.52. The summed E-state index contributed by atoms with van der Waals surface area (Å²) >= 11 is 13.4. The molecular weight excluding hydrogens is 413 g/mol. The first-order chi connectivity index (χ1) is 12.4. The summed E-state index contributed by atoms with van der Waals surface area (Å²) < 4.78 is 24.2. The lowest BCUT2D eigenvalue weighted by Crippen LogP contribution is -2.27. The lowest BCUT2D eigenvalue weighted by Gasteiger charge is -2.07. The molecule has 0 saturated carbocycles. The number of hydrogen-bond donors (Lipinski definition) is 1. The number of carbonyl (C=O) groups is 1. The second-order valence-electron chi connectivity index (χ2n) is 5.56. The Morgan fingerprint density at radius 2 is 1.81 bits per heavy atom. The van der Waals surface area contributed by atoms with Gasteiger partial charge in [0.2, 0.25) is 5.91 Å². The normalized spacial score (nSPS) is 11.3. The fourth-order valence-corrected chi connectivity index (χ4v) is 4.93. The Morgan fingerprint density at radius 3 is 2.50 bits per heavy atom. The van der Waals surface area contributed by atoms with E-state index < -0.39 is 9.84 Å². The molecule has 0 radical (unpaired) electrons. The van der Waals surface area contributed by atoms with E-state index in [1.54, 1.807) is 42.5 Å². The summed E-state index contributed by atoms with van der Waals surface area (Å²) in [5, 5.41) is 3.89. The van der Waals surface area contributed by atoms with Crippen LogP contribution >= 0.6 is 35.0 Å². The second kappa shape index (κ2) is 10.2. The van der Waals surface area contributed by atoms with E-state index in [1.165, 1.54) is 11.8 Å². The summed E-state index contributed by atoms with van der Waals surface area (Å²) in [6.45, 7) is 0.327. The molecule has 0 unspecified atom stereocenters. The number of rotatable bonds is 9. The fraction of sp³-hybridized carbons (Fsp3) is 0.278. The summed E-state index contributed by atoms with van der Waals surface area (Å²) in [6, 6.07) is 13.6. The average molecular weight is 432 g/mol. The zero-order valence-corrected chi connectivity index (χ0v) is 17.1. The van der Waals surface area contributed by atoms with Crippen LogP contribution in [-0.2, 0) is 20.4 Å². The van der Waals surface area contributed by atoms with Crippen LogP contribution in [0.5, 0.6) is 0 Å². The highest BCUT2D eigenvalue weighted by Gasteiger charge is 2.13. The van der Waals surface area contributed by atoms with Crippen LogP contribution in [0.4, 0.5) is 0 Å². The van der Waals surface area contributed by atoms with E-state index in [4.69, 9.17) is 23.2 Å². The van der Waals surface area contributed by atoms with Gasteiger partial charge in [-0.25, -0.2) is 8.42 Å². The van der Waals surface area contributed by atoms with Gasteiger partial charge in [-0.1, -0.05) is 47.5 Å². The molecule has 0 fully saturated rings. The molecule has 0 spiro atoms. The highest BCUT2D eigenvalue weighted by atomic mass is 35.5. The van der Waals surface area contributed by atoms with Gasteiger partial charge in [0.05, 0.1) is 16.4 Å². The van der Waals surface area contributed by atoms with E-state index in [0.717, 1.165) is 5.56 Å². The topological polar surface area (TPSA) is 63.2 Å². The zero-order valence-electron chi connectivity index (χ0n) is 14.0. The molecule has 8 heteroatoms. The van der Waals surface area contributed by atoms with Crippen LogP contribution in [0, 0.1) is 0 Å². The van der Waals surface area contributed by atoms with Crippen LogP contribution < -0.4 is 5.32 Å². The molecule has 1 N–H and O–H groups in total. The second-order valence-corrected chi connectivity index (χ2v) is 9.50. The van der Waals surface area contributed by atoms with Gasteiger partial charge in [0.15, 0.2) is 9.84 Å². The molecule has 0 heterocycles. The Bertz CT molecular complexity index is 843. The Balaban J connectivity index is 1.66. The third-order valence-corrected chi connectivity index (χ3v) is 6.91. The molecule has 26 heavy (non-hydrogen) atoms. The predicted molar refractivity (Wildman–Crippen MR) is 109 cm³/mol. The molecule has 140 valence electrons. The SMILES string of the molecule is O=C(CSCc1ccc(Cl)cc1Cl)NCCCS(=O)(=O)c1ccccc1. The van der Waals surface area contributed by atoms with Crippen LogP contribution in [0.1, 0.15) is 12.0 Å². The monoisotopic (exact) mass is 431 g/mol. The van der Waals surface area contributed by atoms with Crippen LogP contribution in [0.15, 0.2) is 53.4 Å². The largest absolute Gasteiger partial charge is 0.355 e. The standard InChI is InChI=1S/C18H19Cl2NO3S2/c19-15-8-7-14(17(20)11-15)12-25-13-18(22)21-9-4-10-26(23,24)16-5-2-1-3-6-16/h1-3,5-8,11H,4,9-10,12-13H2,(H,21,22). The number of carbonyl (C=O) groups excluding carboxylic acids is 1. The zero-order chi connectivity index (χ0) is 19.0. The van der Waals surface area contributed by atoms with Crippen molar-refractivity contribution in [2.75, 3.05) is 18.1 Å². The molecule has 0 aliphatic carbocycles. The van der Waals surface area contributed by atoms with Crippen molar-refractivity contribution in [1.82, 2.24) is 5.32 Å². The van der Waals surface area contributed by atoms with Gasteiger partial charge in [-0.3, -0.25) is 4.79 Å². The molecular formula is C18H19Cl2NO3S2. The smallest absolute Gasteiger partial charge is 0.230 e. The Kier molecular flexibility index (Phi) is 8.28. The van der Waals surface area contributed by atoms with Gasteiger partial charge in [-0.2, -0.15) is 0 Å². The molecule has 4 nitrogen and oxygen atoms in total. The van der Waals surface area contributed by atoms with Crippen molar-refractivity contribution in [3.8, 4) is 0 Å². The summed E-state index contributed by atoms with van der Waals surface area (Å²) in [5.74, 6) is 0.762. The maximum absolute atomic E-state index is 12.1. The highest BCUT2D eigenvalue weighted by molar-refractivity contribution is 7.99. The molecule has 0 aliphatic heterocycles. The van der Waals surface area contributed by atoms with Crippen LogP contribution in [-0.4, -0.2) is 32.4 Å². The van der Waals surface area contributed by atoms with E-state index in [1.807, 2.05) is 6.07 Å². The molecule has 1 amide bonds. The lowest BCUT2D eigenvalue weighted by atomic mass is 10.2. The number of benzene rings is 2. The van der Waals surface area contributed by atoms with Crippen LogP contribution in [0.25, 0.3) is 0 Å². The van der Waals surface area contributed by atoms with Crippen LogP contribution in [0.3, 0.4) is 0 Å². The van der Waals surface area contributed by atoms with Crippen molar-refractivity contribution in [2.45, 2.75) is 17.1 Å². The molecule has 2 aromatic carbocycles. The fourth-order valence-electron chi connectivity index (χ4n) is 2.18. The van der Waals surface area contributed by atoms with Gasteiger partial charge in [-0.15, -0.1) is 11.8 Å². The van der Waals surface area contributed by atoms with E-state index in [2.05, 4.69) is 5.32 Å². The van der Waals surface area contributed by atoms with Crippen molar-refractivity contribution >= 4 is 50.7 Å². The lowest BCUT2D eigenvalue weighted by molar-refractivity contribution is -0.118. The van der Waals surface area contributed by atoms with Gasteiger partial charge in [0.1, 0.15) is 0 Å². The summed E-state index contributed by atoms with van der Waals surface area (Å²) in [4.78, 5) is 12.1. The minimum absolute atomic E-state index is 0.00478. The molecule has 2 aromatic rings. The number of sulfone groups is 1. The summed E-state index contributed by atoms with van der Waals surface area (Å²) in [6.07, 6.45) is 0.372. The molecule has 2 rings (SSSR count). The maximum atomic E-state index is 12.1. The van der Waals surface area contributed by atoms with Gasteiger partial charge in [0.25, 0.3) is 0 Å². The van der Waals surface area contributed by atoms with Gasteiger partial charge >= 0.3 is 0 Å². The highest BCUT2D eigenvalue weighted by Crippen LogP contribution is 2.24. The third kappa shape index (κ3) is 6.83. The van der Waals surface area contributed by atoms with Crippen molar-refractivity contribution < 1.29 is 13.2 Å². The molecule has 0 bridgehead atoms. The van der Waals surface area contributed by atoms with Crippen molar-refractivity contribution in [1.29, 1.82) is 0 Å². The minimum atomic E-state index is -3.30. The molecule has 0 atom stereocenters. The number of nitrogens with one attached hydrogen (secondary N) is 1. The van der Waals surface area contributed by atoms with Crippen LogP contribution in [0.2, 0.25) is 10.0 Å². The molecule has 0 saturated heterocycles. The first-order valence-corrected chi connectivity index (χ1v) is 11.5. The number of amides is 1. The maximum Gasteiger partial charge on any atom is 0.230 e. The summed E-state index contributed by atoms with van der Waals surface area (Å²) in [5.41, 5.74) is 0.919. The predicted octanol–water partition coefficient (Wildman–Crippen LogP) is 4.21. The Hall–Kier alpha value is -1.21. The minimum Gasteiger partial charge on any atom is -0.355 e. The molecule has 0 aliphatic rings. The van der Waals surface area contributed by atoms with Gasteiger partial charge < -0.3 is 5.32 Å². The van der Waals surface area contributed by atoms with E-state index >= 15 is 0 Å². The Morgan fingerprint density at radius 1 is 1.08 bits per heavy atom. The molecule has 0 aromatic heterocycles. The van der Waals surface area contributed by atoms with Gasteiger partial charge in [0, 0.05) is 22.3 Å². The number of halogens is 2. The van der Waals surface area contributed by atoms with Gasteiger partial charge in [-0.05, 0) is 36.2 Å². The first kappa shape index (κ1) is 21.1. The van der Waals surface area contributed by atoms with E-state index in [-0.39, 0.29) is 17.4 Å². The van der Waals surface area contributed by atoms with E-state index in [0.29, 0.717) is 33.7 Å². The first-order valence-electron chi connectivity index (χ1n) is 7.94. The van der Waals surface area contributed by atoms with Crippen molar-refractivity contribution in [2.24, 2.45) is 0 Å².